The van der Waals surface area contributed by atoms with E-state index >= 15 is 0 Å². The van der Waals surface area contributed by atoms with Crippen LogP contribution in [0.1, 0.15) is 30.4 Å². The Morgan fingerprint density at radius 1 is 0.900 bits per heavy atom. The van der Waals surface area contributed by atoms with Crippen LogP contribution in [0, 0.1) is 25.7 Å². The summed E-state index contributed by atoms with van der Waals surface area (Å²) < 4.78 is 1.17. The molecule has 2 aliphatic heterocycles. The summed E-state index contributed by atoms with van der Waals surface area (Å²) in [6.07, 6.45) is 1.46. The van der Waals surface area contributed by atoms with Crippen LogP contribution in [-0.4, -0.2) is 47.2 Å². The Morgan fingerprint density at radius 3 is 2.33 bits per heavy atom. The van der Waals surface area contributed by atoms with Crippen molar-refractivity contribution in [2.24, 2.45) is 11.8 Å². The second kappa shape index (κ2) is 10.8. The number of hydrogen-bond acceptors (Lipinski definition) is 5. The number of thiazole rings is 1. The molecule has 3 amide bonds. The van der Waals surface area contributed by atoms with E-state index in [9.17, 15) is 14.4 Å². The number of carbonyl (C=O) groups is 3. The zero-order valence-corrected chi connectivity index (χ0v) is 23.5. The Bertz CT molecular complexity index is 1570. The lowest BCUT2D eigenvalue weighted by molar-refractivity contribution is -0.138. The summed E-state index contributed by atoms with van der Waals surface area (Å²) >= 11 is 1.67. The number of fused-ring (bicyclic) bond motifs is 1. The highest BCUT2D eigenvalue weighted by molar-refractivity contribution is 7.21. The fourth-order valence-corrected chi connectivity index (χ4v) is 6.63. The van der Waals surface area contributed by atoms with E-state index in [1.165, 1.54) is 10.3 Å². The Morgan fingerprint density at radius 2 is 1.60 bits per heavy atom. The van der Waals surface area contributed by atoms with Gasteiger partial charge in [-0.25, -0.2) is 4.98 Å². The van der Waals surface area contributed by atoms with E-state index in [0.29, 0.717) is 32.5 Å². The first-order valence-electron chi connectivity index (χ1n) is 13.8. The summed E-state index contributed by atoms with van der Waals surface area (Å²) in [6.45, 7) is 5.56. The molecule has 6 rings (SSSR count). The topological polar surface area (TPSA) is 82.6 Å². The highest BCUT2D eigenvalue weighted by Crippen LogP contribution is 2.32. The van der Waals surface area contributed by atoms with Gasteiger partial charge < -0.3 is 15.1 Å². The summed E-state index contributed by atoms with van der Waals surface area (Å²) in [5.74, 6) is -0.498. The van der Waals surface area contributed by atoms with Crippen LogP contribution in [0.2, 0.25) is 0 Å². The van der Waals surface area contributed by atoms with Crippen molar-refractivity contribution in [3.63, 3.8) is 0 Å². The van der Waals surface area contributed by atoms with Gasteiger partial charge in [0.2, 0.25) is 17.7 Å². The molecule has 1 aromatic heterocycles. The maximum atomic E-state index is 13.2. The first-order chi connectivity index (χ1) is 19.3. The summed E-state index contributed by atoms with van der Waals surface area (Å²) in [4.78, 5) is 47.1. The molecule has 0 aliphatic carbocycles. The Hall–Kier alpha value is -4.04. The van der Waals surface area contributed by atoms with E-state index in [4.69, 9.17) is 4.98 Å². The molecule has 0 radical (unpaired) electrons. The highest BCUT2D eigenvalue weighted by atomic mass is 32.1. The fourth-order valence-electron chi connectivity index (χ4n) is 5.56. The molecule has 7 nitrogen and oxygen atoms in total. The quantitative estimate of drug-likeness (QED) is 0.339. The van der Waals surface area contributed by atoms with Crippen LogP contribution in [0.5, 0.6) is 0 Å². The number of amides is 3. The maximum Gasteiger partial charge on any atom is 0.228 e. The molecule has 0 saturated carbocycles. The number of aryl methyl sites for hydroxylation is 2. The zero-order chi connectivity index (χ0) is 27.8. The lowest BCUT2D eigenvalue weighted by Crippen LogP contribution is -2.44. The average molecular weight is 553 g/mol. The van der Waals surface area contributed by atoms with Gasteiger partial charge in [0, 0.05) is 48.9 Å². The first kappa shape index (κ1) is 26.2. The van der Waals surface area contributed by atoms with Crippen LogP contribution in [0.15, 0.2) is 66.7 Å². The zero-order valence-electron chi connectivity index (χ0n) is 22.7. The Balaban J connectivity index is 1.01. The molecule has 1 N–H and O–H groups in total. The molecule has 0 spiro atoms. The van der Waals surface area contributed by atoms with Crippen LogP contribution >= 0.6 is 11.3 Å². The number of benzene rings is 3. The Labute approximate surface area is 237 Å². The number of hydrogen-bond donors (Lipinski definition) is 1. The van der Waals surface area contributed by atoms with Gasteiger partial charge in [-0.1, -0.05) is 23.8 Å². The lowest BCUT2D eigenvalue weighted by Gasteiger charge is -2.33. The Kier molecular flexibility index (Phi) is 7.11. The molecule has 4 aromatic rings. The number of likely N-dealkylation sites (tertiary alicyclic amines) is 1. The minimum Gasteiger partial charge on any atom is -0.342 e. The van der Waals surface area contributed by atoms with Crippen LogP contribution in [0.4, 0.5) is 11.4 Å². The van der Waals surface area contributed by atoms with Crippen molar-refractivity contribution >= 4 is 50.6 Å². The van der Waals surface area contributed by atoms with Crippen molar-refractivity contribution in [1.82, 2.24) is 9.88 Å². The normalized spacial score (nSPS) is 17.9. The molecular formula is C32H32N4O3S. The molecule has 2 aliphatic rings. The van der Waals surface area contributed by atoms with Gasteiger partial charge in [0.05, 0.1) is 16.1 Å². The van der Waals surface area contributed by atoms with Crippen molar-refractivity contribution in [2.45, 2.75) is 33.1 Å². The molecular weight excluding hydrogens is 520 g/mol. The summed E-state index contributed by atoms with van der Waals surface area (Å²) in [6, 6.07) is 21.9. The molecule has 2 saturated heterocycles. The largest absolute Gasteiger partial charge is 0.342 e. The number of anilines is 2. The van der Waals surface area contributed by atoms with Crippen LogP contribution in [0.25, 0.3) is 20.8 Å². The van der Waals surface area contributed by atoms with Gasteiger partial charge in [-0.3, -0.25) is 14.4 Å². The van der Waals surface area contributed by atoms with Gasteiger partial charge >= 0.3 is 0 Å². The average Bonchev–Trinajstić information content (AvgIpc) is 3.57. The van der Waals surface area contributed by atoms with E-state index in [1.807, 2.05) is 66.4 Å². The molecule has 0 bridgehead atoms. The summed E-state index contributed by atoms with van der Waals surface area (Å²) in [7, 11) is 0. The van der Waals surface area contributed by atoms with E-state index in [-0.39, 0.29) is 36.0 Å². The third-order valence-electron chi connectivity index (χ3n) is 7.94. The van der Waals surface area contributed by atoms with Crippen molar-refractivity contribution in [2.75, 3.05) is 29.9 Å². The third-order valence-corrected chi connectivity index (χ3v) is 9.01. The number of aromatic nitrogens is 1. The molecule has 2 fully saturated rings. The minimum atomic E-state index is -0.336. The van der Waals surface area contributed by atoms with E-state index in [2.05, 4.69) is 24.4 Å². The molecule has 0 unspecified atom stereocenters. The first-order valence-corrected chi connectivity index (χ1v) is 14.6. The molecule has 1 atom stereocenters. The maximum absolute atomic E-state index is 13.2. The second-order valence-corrected chi connectivity index (χ2v) is 11.9. The van der Waals surface area contributed by atoms with Crippen LogP contribution in [0.3, 0.4) is 0 Å². The van der Waals surface area contributed by atoms with E-state index < -0.39 is 0 Å². The third kappa shape index (κ3) is 5.36. The molecule has 40 heavy (non-hydrogen) atoms. The van der Waals surface area contributed by atoms with Crippen molar-refractivity contribution in [3.8, 4) is 10.6 Å². The van der Waals surface area contributed by atoms with E-state index in [0.717, 1.165) is 33.0 Å². The predicted octanol–water partition coefficient (Wildman–Crippen LogP) is 5.81. The highest BCUT2D eigenvalue weighted by Gasteiger charge is 2.38. The number of nitrogens with one attached hydrogen (secondary N) is 1. The van der Waals surface area contributed by atoms with Gasteiger partial charge in [0.25, 0.3) is 0 Å². The van der Waals surface area contributed by atoms with Gasteiger partial charge in [0.15, 0.2) is 0 Å². The van der Waals surface area contributed by atoms with Crippen molar-refractivity contribution < 1.29 is 14.4 Å². The minimum absolute atomic E-state index is 0.0132. The van der Waals surface area contributed by atoms with Crippen LogP contribution < -0.4 is 10.2 Å². The van der Waals surface area contributed by atoms with E-state index in [1.54, 1.807) is 16.2 Å². The van der Waals surface area contributed by atoms with Gasteiger partial charge in [0.1, 0.15) is 5.01 Å². The molecule has 3 heterocycles. The molecule has 3 aromatic carbocycles. The second-order valence-electron chi connectivity index (χ2n) is 10.9. The van der Waals surface area contributed by atoms with Gasteiger partial charge in [-0.2, -0.15) is 0 Å². The molecule has 8 heteroatoms. The lowest BCUT2D eigenvalue weighted by atomic mass is 9.94. The molecule has 204 valence electrons. The predicted molar refractivity (Wildman–Crippen MR) is 159 cm³/mol. The number of piperidine rings is 1. The number of carbonyl (C=O) groups excluding carboxylic acids is 3. The van der Waals surface area contributed by atoms with Gasteiger partial charge in [-0.05, 0) is 80.8 Å². The fraction of sp³-hybridized carbons (Fsp3) is 0.312. The number of rotatable bonds is 5. The van der Waals surface area contributed by atoms with Crippen molar-refractivity contribution in [3.05, 3.63) is 77.9 Å². The smallest absolute Gasteiger partial charge is 0.228 e. The summed E-state index contributed by atoms with van der Waals surface area (Å²) in [5, 5.41) is 4.01. The monoisotopic (exact) mass is 552 g/mol. The standard InChI is InChI=1S/C32H32N4O3S/c1-20-3-10-26(11-4-20)36-19-24(18-29(36)37)32(39)35-15-13-22(14-16-35)30(38)33-25-8-6-23(7-9-25)31-34-27-12-5-21(2)17-28(27)40-31/h3-12,17,22,24H,13-16,18-19H2,1-2H3,(H,33,38)/t24-/m0/s1. The number of nitrogens with zero attached hydrogens (tertiary/aromatic N) is 3. The van der Waals surface area contributed by atoms with Gasteiger partial charge in [-0.15, -0.1) is 11.3 Å². The van der Waals surface area contributed by atoms with Crippen LogP contribution in [-0.2, 0) is 14.4 Å². The summed E-state index contributed by atoms with van der Waals surface area (Å²) in [5.41, 5.74) is 5.96. The van der Waals surface area contributed by atoms with Crippen molar-refractivity contribution in [1.29, 1.82) is 0 Å². The SMILES string of the molecule is Cc1ccc(N2C[C@@H](C(=O)N3CCC(C(=O)Nc4ccc(-c5nc6ccc(C)cc6s5)cc4)CC3)CC2=O)cc1.